The average Bonchev–Trinajstić information content (AvgIpc) is 2.48. The van der Waals surface area contributed by atoms with Crippen molar-refractivity contribution in [3.05, 3.63) is 69.5 Å². The zero-order valence-corrected chi connectivity index (χ0v) is 11.2. The van der Waals surface area contributed by atoms with E-state index in [9.17, 15) is 14.5 Å². The van der Waals surface area contributed by atoms with Gasteiger partial charge in [0.2, 0.25) is 0 Å². The number of nitrogens with one attached hydrogen (secondary N) is 1. The minimum Gasteiger partial charge on any atom is -0.373 e. The molecule has 0 aliphatic heterocycles. The fourth-order valence-electron chi connectivity index (χ4n) is 1.97. The fraction of sp³-hybridized carbons (Fsp3) is 0.133. The van der Waals surface area contributed by atoms with Crippen LogP contribution in [0.3, 0.4) is 0 Å². The van der Waals surface area contributed by atoms with Gasteiger partial charge in [0, 0.05) is 6.04 Å². The molecule has 0 spiro atoms. The van der Waals surface area contributed by atoms with E-state index in [4.69, 9.17) is 5.26 Å². The second kappa shape index (κ2) is 6.01. The molecule has 1 N–H and O–H groups in total. The maximum absolute atomic E-state index is 13.1. The molecule has 0 saturated heterocycles. The maximum atomic E-state index is 13.1. The van der Waals surface area contributed by atoms with E-state index in [0.717, 1.165) is 17.7 Å². The number of hydrogen-bond acceptors (Lipinski definition) is 4. The topological polar surface area (TPSA) is 79.0 Å². The molecule has 2 aromatic rings. The van der Waals surface area contributed by atoms with Crippen LogP contribution in [0.2, 0.25) is 0 Å². The molecular weight excluding hydrogens is 273 g/mol. The molecule has 0 amide bonds. The molecule has 21 heavy (non-hydrogen) atoms. The number of halogens is 1. The zero-order chi connectivity index (χ0) is 15.4. The lowest BCUT2D eigenvalue weighted by Crippen LogP contribution is -2.08. The Labute approximate surface area is 120 Å². The smallest absolute Gasteiger partial charge is 0.295 e. The van der Waals surface area contributed by atoms with E-state index in [1.165, 1.54) is 6.07 Å². The first kappa shape index (κ1) is 14.5. The van der Waals surface area contributed by atoms with Crippen LogP contribution < -0.4 is 5.32 Å². The van der Waals surface area contributed by atoms with Gasteiger partial charge < -0.3 is 5.32 Å². The van der Waals surface area contributed by atoms with E-state index in [1.54, 1.807) is 18.2 Å². The predicted octanol–water partition coefficient (Wildman–Crippen LogP) is 3.78. The number of nitrogens with zero attached hydrogens (tertiary/aromatic N) is 2. The van der Waals surface area contributed by atoms with Crippen LogP contribution in [0.25, 0.3) is 0 Å². The van der Waals surface area contributed by atoms with Crippen LogP contribution >= 0.6 is 0 Å². The van der Waals surface area contributed by atoms with Crippen molar-refractivity contribution in [1.82, 2.24) is 0 Å². The van der Waals surface area contributed by atoms with E-state index >= 15 is 0 Å². The molecule has 0 aliphatic rings. The molecule has 0 bridgehead atoms. The van der Waals surface area contributed by atoms with E-state index in [-0.39, 0.29) is 17.4 Å². The van der Waals surface area contributed by atoms with Gasteiger partial charge in [0.1, 0.15) is 11.5 Å². The minimum absolute atomic E-state index is 0.233. The summed E-state index contributed by atoms with van der Waals surface area (Å²) in [6.07, 6.45) is 0. The Morgan fingerprint density at radius 1 is 1.33 bits per heavy atom. The molecule has 1 atom stereocenters. The summed E-state index contributed by atoms with van der Waals surface area (Å²) in [6.45, 7) is 1.81. The fourth-order valence-corrected chi connectivity index (χ4v) is 1.97. The van der Waals surface area contributed by atoms with Crippen LogP contribution in [0.15, 0.2) is 42.5 Å². The van der Waals surface area contributed by atoms with Gasteiger partial charge in [0.25, 0.3) is 5.69 Å². The van der Waals surface area contributed by atoms with E-state index < -0.39 is 10.7 Å². The molecule has 0 heterocycles. The summed E-state index contributed by atoms with van der Waals surface area (Å²) in [5, 5.41) is 22.8. The normalized spacial score (nSPS) is 11.5. The Hall–Kier alpha value is -2.94. The predicted molar refractivity (Wildman–Crippen MR) is 76.2 cm³/mol. The summed E-state index contributed by atoms with van der Waals surface area (Å²) in [4.78, 5) is 10.3. The Balaban J connectivity index is 2.29. The molecule has 0 radical (unpaired) electrons. The van der Waals surface area contributed by atoms with Crippen LogP contribution in [0.4, 0.5) is 15.8 Å². The molecule has 6 heteroatoms. The Bertz CT molecular complexity index is 725. The van der Waals surface area contributed by atoms with Gasteiger partial charge in [-0.05, 0) is 36.8 Å². The first-order valence-corrected chi connectivity index (χ1v) is 6.22. The molecule has 0 aromatic heterocycles. The van der Waals surface area contributed by atoms with Crippen LogP contribution in [-0.2, 0) is 0 Å². The van der Waals surface area contributed by atoms with Crippen molar-refractivity contribution in [1.29, 1.82) is 5.26 Å². The highest BCUT2D eigenvalue weighted by Gasteiger charge is 2.17. The molecule has 2 aromatic carbocycles. The highest BCUT2D eigenvalue weighted by Crippen LogP contribution is 2.29. The zero-order valence-electron chi connectivity index (χ0n) is 11.2. The molecular formula is C15H12FN3O2. The lowest BCUT2D eigenvalue weighted by molar-refractivity contribution is -0.384. The molecule has 0 aliphatic carbocycles. The van der Waals surface area contributed by atoms with Crippen molar-refractivity contribution in [2.24, 2.45) is 0 Å². The SMILES string of the molecule is CC(Nc1ccc(F)cc1[N+](=O)[O-])c1cccc(C#N)c1. The molecule has 106 valence electrons. The van der Waals surface area contributed by atoms with Gasteiger partial charge in [-0.3, -0.25) is 10.1 Å². The first-order valence-electron chi connectivity index (χ1n) is 6.22. The quantitative estimate of drug-likeness (QED) is 0.685. The second-order valence-electron chi connectivity index (χ2n) is 4.52. The van der Waals surface area contributed by atoms with Crippen LogP contribution in [0, 0.1) is 27.3 Å². The van der Waals surface area contributed by atoms with Gasteiger partial charge >= 0.3 is 0 Å². The largest absolute Gasteiger partial charge is 0.373 e. The highest BCUT2D eigenvalue weighted by atomic mass is 19.1. The Morgan fingerprint density at radius 2 is 2.10 bits per heavy atom. The van der Waals surface area contributed by atoms with Crippen LogP contribution in [-0.4, -0.2) is 4.92 Å². The lowest BCUT2D eigenvalue weighted by atomic mass is 10.1. The second-order valence-corrected chi connectivity index (χ2v) is 4.52. The molecule has 5 nitrogen and oxygen atoms in total. The van der Waals surface area contributed by atoms with Crippen molar-refractivity contribution in [3.8, 4) is 6.07 Å². The highest BCUT2D eigenvalue weighted by molar-refractivity contribution is 5.62. The number of anilines is 1. The Morgan fingerprint density at radius 3 is 2.76 bits per heavy atom. The van der Waals surface area contributed by atoms with Crippen molar-refractivity contribution in [2.75, 3.05) is 5.32 Å². The standard InChI is InChI=1S/C15H12FN3O2/c1-10(12-4-2-3-11(7-12)9-17)18-14-6-5-13(16)8-15(14)19(20)21/h2-8,10,18H,1H3. The summed E-state index contributed by atoms with van der Waals surface area (Å²) >= 11 is 0. The summed E-state index contributed by atoms with van der Waals surface area (Å²) in [5.74, 6) is -0.661. The minimum atomic E-state index is -0.661. The number of nitriles is 1. The molecule has 0 saturated carbocycles. The molecule has 0 fully saturated rings. The summed E-state index contributed by atoms with van der Waals surface area (Å²) in [5.41, 5.74) is 1.23. The number of rotatable bonds is 4. The van der Waals surface area contributed by atoms with Crippen LogP contribution in [0.5, 0.6) is 0 Å². The van der Waals surface area contributed by atoms with Crippen LogP contribution in [0.1, 0.15) is 24.1 Å². The third-order valence-corrected chi connectivity index (χ3v) is 3.04. The van der Waals surface area contributed by atoms with Gasteiger partial charge in [-0.15, -0.1) is 0 Å². The summed E-state index contributed by atoms with van der Waals surface area (Å²) < 4.78 is 13.1. The van der Waals surface area contributed by atoms with Crippen molar-refractivity contribution in [3.63, 3.8) is 0 Å². The summed E-state index contributed by atoms with van der Waals surface area (Å²) in [7, 11) is 0. The van der Waals surface area contributed by atoms with E-state index in [2.05, 4.69) is 5.32 Å². The van der Waals surface area contributed by atoms with Crippen molar-refractivity contribution >= 4 is 11.4 Å². The third-order valence-electron chi connectivity index (χ3n) is 3.04. The van der Waals surface area contributed by atoms with Crippen molar-refractivity contribution < 1.29 is 9.31 Å². The third kappa shape index (κ3) is 3.34. The molecule has 2 rings (SSSR count). The van der Waals surface area contributed by atoms with Crippen molar-refractivity contribution in [2.45, 2.75) is 13.0 Å². The van der Waals surface area contributed by atoms with Gasteiger partial charge in [-0.1, -0.05) is 12.1 Å². The number of nitro benzene ring substituents is 1. The number of nitro groups is 1. The number of hydrogen-bond donors (Lipinski definition) is 1. The van der Waals surface area contributed by atoms with Gasteiger partial charge in [-0.2, -0.15) is 5.26 Å². The van der Waals surface area contributed by atoms with Gasteiger partial charge in [0.15, 0.2) is 0 Å². The van der Waals surface area contributed by atoms with E-state index in [1.807, 2.05) is 19.1 Å². The monoisotopic (exact) mass is 285 g/mol. The maximum Gasteiger partial charge on any atom is 0.295 e. The Kier molecular flexibility index (Phi) is 4.14. The summed E-state index contributed by atoms with van der Waals surface area (Å²) in [6, 6.07) is 12.1. The average molecular weight is 285 g/mol. The molecule has 1 unspecified atom stereocenters. The first-order chi connectivity index (χ1) is 10.0. The number of benzene rings is 2. The van der Waals surface area contributed by atoms with E-state index in [0.29, 0.717) is 5.56 Å². The van der Waals surface area contributed by atoms with Gasteiger partial charge in [0.05, 0.1) is 22.6 Å². The lowest BCUT2D eigenvalue weighted by Gasteiger charge is -2.16. The van der Waals surface area contributed by atoms with Gasteiger partial charge in [-0.25, -0.2) is 4.39 Å².